The molecule has 2 fully saturated rings. The molecule has 1 saturated heterocycles. The molecule has 1 saturated carbocycles. The Labute approximate surface area is 181 Å². The zero-order chi connectivity index (χ0) is 21.9. The van der Waals surface area contributed by atoms with Gasteiger partial charge in [0.15, 0.2) is 0 Å². The van der Waals surface area contributed by atoms with E-state index in [1.165, 1.54) is 32.1 Å². The Morgan fingerprint density at radius 1 is 1.27 bits per heavy atom. The summed E-state index contributed by atoms with van der Waals surface area (Å²) in [5, 5.41) is 10.8. The predicted molar refractivity (Wildman–Crippen MR) is 116 cm³/mol. The molecule has 1 amide bonds. The lowest BCUT2D eigenvalue weighted by Crippen LogP contribution is -2.50. The van der Waals surface area contributed by atoms with E-state index in [-0.39, 0.29) is 18.2 Å². The van der Waals surface area contributed by atoms with Crippen LogP contribution in [0.2, 0.25) is 0 Å². The van der Waals surface area contributed by atoms with Crippen LogP contribution in [0.15, 0.2) is 24.5 Å². The number of hydrogen-bond donors (Lipinski definition) is 1. The van der Waals surface area contributed by atoms with Crippen molar-refractivity contribution in [3.8, 4) is 0 Å². The number of amides is 1. The van der Waals surface area contributed by atoms with Gasteiger partial charge in [0.25, 0.3) is 0 Å². The van der Waals surface area contributed by atoms with Crippen molar-refractivity contribution >= 4 is 6.09 Å². The Hall–Kier alpha value is -1.66. The number of pyridine rings is 1. The molecule has 0 spiro atoms. The summed E-state index contributed by atoms with van der Waals surface area (Å²) in [4.78, 5) is 19.0. The molecule has 3 atom stereocenters. The van der Waals surface area contributed by atoms with Crippen LogP contribution >= 0.6 is 0 Å². The number of aliphatic hydroxyl groups is 1. The van der Waals surface area contributed by atoms with Gasteiger partial charge in [-0.2, -0.15) is 0 Å². The lowest BCUT2D eigenvalue weighted by Gasteiger charge is -2.37. The van der Waals surface area contributed by atoms with Gasteiger partial charge in [-0.3, -0.25) is 9.88 Å². The van der Waals surface area contributed by atoms with Crippen molar-refractivity contribution < 1.29 is 19.4 Å². The van der Waals surface area contributed by atoms with Crippen molar-refractivity contribution in [1.29, 1.82) is 0 Å². The van der Waals surface area contributed by atoms with Crippen LogP contribution in [-0.2, 0) is 9.47 Å². The smallest absolute Gasteiger partial charge is 0.412 e. The van der Waals surface area contributed by atoms with E-state index in [2.05, 4.69) is 4.98 Å². The van der Waals surface area contributed by atoms with E-state index in [1.54, 1.807) is 17.3 Å². The summed E-state index contributed by atoms with van der Waals surface area (Å²) in [5.41, 5.74) is -0.542. The molecule has 1 aromatic heterocycles. The molecule has 168 valence electrons. The minimum atomic E-state index is -0.787. The van der Waals surface area contributed by atoms with Crippen molar-refractivity contribution in [2.45, 2.75) is 109 Å². The van der Waals surface area contributed by atoms with Gasteiger partial charge in [-0.25, -0.2) is 4.79 Å². The zero-order valence-electron chi connectivity index (χ0n) is 19.1. The monoisotopic (exact) mass is 418 g/mol. The Morgan fingerprint density at radius 3 is 2.50 bits per heavy atom. The molecule has 6 heteroatoms. The fraction of sp³-hybridized carbons (Fsp3) is 0.750. The number of carbonyl (C=O) groups is 1. The summed E-state index contributed by atoms with van der Waals surface area (Å²) in [6, 6.07) is 3.54. The van der Waals surface area contributed by atoms with Gasteiger partial charge in [0.2, 0.25) is 0 Å². The molecule has 1 aromatic rings. The first-order valence-corrected chi connectivity index (χ1v) is 11.3. The molecule has 0 radical (unpaired) electrons. The summed E-state index contributed by atoms with van der Waals surface area (Å²) in [5.74, 6) is 0.576. The van der Waals surface area contributed by atoms with Crippen LogP contribution in [0.5, 0.6) is 0 Å². The van der Waals surface area contributed by atoms with Crippen LogP contribution in [0.3, 0.4) is 0 Å². The molecule has 2 aliphatic rings. The standard InChI is InChI=1S/C24H38N2O4/c1-23(2,3)30-22(28)26-19(15-17-9-7-6-8-10-17)21(29-24(26,4)5)16-20(27)18-11-13-25-14-12-18/h11-14,17,19-21,27H,6-10,15-16H2,1-5H3. The molecule has 1 aliphatic heterocycles. The summed E-state index contributed by atoms with van der Waals surface area (Å²) in [7, 11) is 0. The maximum Gasteiger partial charge on any atom is 0.412 e. The molecular formula is C24H38N2O4. The average molecular weight is 419 g/mol. The highest BCUT2D eigenvalue weighted by Crippen LogP contribution is 2.41. The minimum Gasteiger partial charge on any atom is -0.444 e. The molecule has 1 aliphatic carbocycles. The summed E-state index contributed by atoms with van der Waals surface area (Å²) in [6.07, 6.45) is 9.61. The first-order chi connectivity index (χ1) is 14.1. The number of rotatable bonds is 5. The maximum absolute atomic E-state index is 13.2. The van der Waals surface area contributed by atoms with Crippen molar-refractivity contribution in [2.75, 3.05) is 0 Å². The topological polar surface area (TPSA) is 71.9 Å². The Morgan fingerprint density at radius 2 is 1.90 bits per heavy atom. The average Bonchev–Trinajstić information content (AvgIpc) is 2.91. The largest absolute Gasteiger partial charge is 0.444 e. The van der Waals surface area contributed by atoms with Gasteiger partial charge >= 0.3 is 6.09 Å². The van der Waals surface area contributed by atoms with Gasteiger partial charge in [-0.15, -0.1) is 0 Å². The molecule has 0 bridgehead atoms. The molecule has 6 nitrogen and oxygen atoms in total. The molecule has 0 aromatic carbocycles. The zero-order valence-corrected chi connectivity index (χ0v) is 19.1. The lowest BCUT2D eigenvalue weighted by molar-refractivity contribution is -0.0851. The van der Waals surface area contributed by atoms with Crippen molar-refractivity contribution in [2.24, 2.45) is 5.92 Å². The molecule has 2 heterocycles. The second-order valence-corrected chi connectivity index (χ2v) is 10.3. The van der Waals surface area contributed by atoms with E-state index >= 15 is 0 Å². The summed E-state index contributed by atoms with van der Waals surface area (Å²) in [6.45, 7) is 9.49. The quantitative estimate of drug-likeness (QED) is 0.710. The van der Waals surface area contributed by atoms with E-state index in [4.69, 9.17) is 9.47 Å². The first-order valence-electron chi connectivity index (χ1n) is 11.3. The summed E-state index contributed by atoms with van der Waals surface area (Å²) >= 11 is 0. The normalized spacial score (nSPS) is 25.9. The third kappa shape index (κ3) is 5.73. The SMILES string of the molecule is CC(C)(C)OC(=O)N1C(CC2CCCCC2)C(CC(O)c2ccncc2)OC1(C)C. The number of aromatic nitrogens is 1. The van der Waals surface area contributed by atoms with E-state index in [0.29, 0.717) is 12.3 Å². The third-order valence-electron chi connectivity index (χ3n) is 6.22. The Bertz CT molecular complexity index is 695. The van der Waals surface area contributed by atoms with Crippen LogP contribution in [0.4, 0.5) is 4.79 Å². The molecule has 3 unspecified atom stereocenters. The fourth-order valence-electron chi connectivity index (χ4n) is 4.91. The van der Waals surface area contributed by atoms with E-state index < -0.39 is 17.4 Å². The predicted octanol–water partition coefficient (Wildman–Crippen LogP) is 5.22. The third-order valence-corrected chi connectivity index (χ3v) is 6.22. The Kier molecular flexibility index (Phi) is 7.08. The minimum absolute atomic E-state index is 0.116. The van der Waals surface area contributed by atoms with Gasteiger partial charge in [-0.05, 0) is 64.7 Å². The van der Waals surface area contributed by atoms with Gasteiger partial charge in [-0.1, -0.05) is 32.1 Å². The van der Waals surface area contributed by atoms with Gasteiger partial charge in [0, 0.05) is 18.8 Å². The second-order valence-electron chi connectivity index (χ2n) is 10.3. The van der Waals surface area contributed by atoms with Crippen molar-refractivity contribution in [1.82, 2.24) is 9.88 Å². The maximum atomic E-state index is 13.2. The number of carbonyl (C=O) groups excluding carboxylic acids is 1. The fourth-order valence-corrected chi connectivity index (χ4v) is 4.91. The number of ether oxygens (including phenoxy) is 2. The van der Waals surface area contributed by atoms with Crippen LogP contribution < -0.4 is 0 Å². The highest BCUT2D eigenvalue weighted by Gasteiger charge is 2.51. The number of nitrogens with zero attached hydrogens (tertiary/aromatic N) is 2. The second kappa shape index (κ2) is 9.23. The Balaban J connectivity index is 1.83. The van der Waals surface area contributed by atoms with Crippen LogP contribution in [0.1, 0.15) is 91.2 Å². The number of hydrogen-bond acceptors (Lipinski definition) is 5. The van der Waals surface area contributed by atoms with Gasteiger partial charge in [0.1, 0.15) is 11.3 Å². The van der Waals surface area contributed by atoms with E-state index in [9.17, 15) is 9.90 Å². The molecule has 3 rings (SSSR count). The van der Waals surface area contributed by atoms with E-state index in [1.807, 2.05) is 46.8 Å². The van der Waals surface area contributed by atoms with Crippen molar-refractivity contribution in [3.63, 3.8) is 0 Å². The van der Waals surface area contributed by atoms with Crippen LogP contribution in [-0.4, -0.2) is 44.6 Å². The number of aliphatic hydroxyl groups excluding tert-OH is 1. The molecular weight excluding hydrogens is 380 g/mol. The molecule has 30 heavy (non-hydrogen) atoms. The molecule has 1 N–H and O–H groups in total. The van der Waals surface area contributed by atoms with Crippen molar-refractivity contribution in [3.05, 3.63) is 30.1 Å². The van der Waals surface area contributed by atoms with Crippen LogP contribution in [0.25, 0.3) is 0 Å². The lowest BCUT2D eigenvalue weighted by atomic mass is 9.82. The van der Waals surface area contributed by atoms with Crippen LogP contribution in [0, 0.1) is 5.92 Å². The summed E-state index contributed by atoms with van der Waals surface area (Å²) < 4.78 is 12.1. The van der Waals surface area contributed by atoms with E-state index in [0.717, 1.165) is 12.0 Å². The van der Waals surface area contributed by atoms with Gasteiger partial charge < -0.3 is 14.6 Å². The highest BCUT2D eigenvalue weighted by atomic mass is 16.6. The van der Waals surface area contributed by atoms with Gasteiger partial charge in [0.05, 0.1) is 18.2 Å². The highest BCUT2D eigenvalue weighted by molar-refractivity contribution is 5.70. The first kappa shape index (κ1) is 23.0.